The Bertz CT molecular complexity index is 481. The highest BCUT2D eigenvalue weighted by atomic mass is 35.5. The van der Waals surface area contributed by atoms with Crippen LogP contribution in [-0.4, -0.2) is 30.9 Å². The van der Waals surface area contributed by atoms with Gasteiger partial charge in [0.2, 0.25) is 5.91 Å². The Kier molecular flexibility index (Phi) is 6.79. The Hall–Kier alpha value is -0.480. The van der Waals surface area contributed by atoms with Gasteiger partial charge in [0.05, 0.1) is 5.41 Å². The molecule has 2 rings (SSSR count). The normalized spacial score (nSPS) is 21.5. The van der Waals surface area contributed by atoms with Gasteiger partial charge < -0.3 is 10.2 Å². The molecule has 1 N–H and O–H groups in total. The van der Waals surface area contributed by atoms with Crippen LogP contribution in [0.5, 0.6) is 0 Å². The first kappa shape index (κ1) is 18.6. The lowest BCUT2D eigenvalue weighted by Gasteiger charge is -2.36. The molecule has 1 aromatic carbocycles. The average molecular weight is 352 g/mol. The van der Waals surface area contributed by atoms with Crippen molar-refractivity contribution in [2.45, 2.75) is 26.3 Å². The Morgan fingerprint density at radius 1 is 1.33 bits per heavy atom. The lowest BCUT2D eigenvalue weighted by Crippen LogP contribution is -2.48. The number of nitrogens with zero attached hydrogens (tertiary/aromatic N) is 1. The highest BCUT2D eigenvalue weighted by Gasteiger charge is 2.36. The molecule has 0 aromatic heterocycles. The molecular formula is C15H21Cl3N2O. The fraction of sp³-hybridized carbons (Fsp3) is 0.533. The van der Waals surface area contributed by atoms with Crippen LogP contribution in [0.25, 0.3) is 0 Å². The molecular weight excluding hydrogens is 331 g/mol. The van der Waals surface area contributed by atoms with Gasteiger partial charge >= 0.3 is 0 Å². The lowest BCUT2D eigenvalue weighted by molar-refractivity contribution is -0.141. The summed E-state index contributed by atoms with van der Waals surface area (Å²) in [5, 5.41) is 4.50. The molecule has 0 spiro atoms. The summed E-state index contributed by atoms with van der Waals surface area (Å²) in [5.74, 6) is 0.167. The fourth-order valence-corrected chi connectivity index (χ4v) is 3.32. The minimum atomic E-state index is -0.310. The molecule has 1 unspecified atom stereocenters. The molecule has 0 radical (unpaired) electrons. The number of nitrogens with one attached hydrogen (secondary N) is 1. The number of piperidine rings is 1. The summed E-state index contributed by atoms with van der Waals surface area (Å²) in [7, 11) is 1.83. The number of carbonyl (C=O) groups is 1. The Balaban J connectivity index is 0.00000220. The minimum absolute atomic E-state index is 0. The zero-order chi connectivity index (χ0) is 14.8. The predicted molar refractivity (Wildman–Crippen MR) is 90.4 cm³/mol. The van der Waals surface area contributed by atoms with Crippen molar-refractivity contribution in [1.82, 2.24) is 10.2 Å². The van der Waals surface area contributed by atoms with Gasteiger partial charge in [0.15, 0.2) is 0 Å². The monoisotopic (exact) mass is 350 g/mol. The second kappa shape index (κ2) is 7.68. The summed E-state index contributed by atoms with van der Waals surface area (Å²) in [6.07, 6.45) is 1.97. The van der Waals surface area contributed by atoms with Crippen molar-refractivity contribution >= 4 is 41.5 Å². The molecule has 1 aliphatic rings. The summed E-state index contributed by atoms with van der Waals surface area (Å²) in [6.45, 7) is 4.29. The second-order valence-corrected chi connectivity index (χ2v) is 6.65. The van der Waals surface area contributed by atoms with Crippen LogP contribution < -0.4 is 5.32 Å². The van der Waals surface area contributed by atoms with Gasteiger partial charge in [-0.05, 0) is 50.1 Å². The van der Waals surface area contributed by atoms with Crippen molar-refractivity contribution in [2.24, 2.45) is 5.41 Å². The van der Waals surface area contributed by atoms with Crippen LogP contribution in [0.2, 0.25) is 10.0 Å². The van der Waals surface area contributed by atoms with E-state index in [0.717, 1.165) is 31.5 Å². The third-order valence-electron chi connectivity index (χ3n) is 3.80. The summed E-state index contributed by atoms with van der Waals surface area (Å²) in [6, 6.07) is 5.39. The van der Waals surface area contributed by atoms with E-state index in [-0.39, 0.29) is 23.7 Å². The first-order valence-electron chi connectivity index (χ1n) is 6.82. The van der Waals surface area contributed by atoms with Crippen LogP contribution in [0, 0.1) is 5.41 Å². The number of benzene rings is 1. The van der Waals surface area contributed by atoms with Gasteiger partial charge in [-0.2, -0.15) is 0 Å². The van der Waals surface area contributed by atoms with Gasteiger partial charge in [0.25, 0.3) is 0 Å². The van der Waals surface area contributed by atoms with Crippen LogP contribution in [0.15, 0.2) is 18.2 Å². The van der Waals surface area contributed by atoms with Crippen LogP contribution >= 0.6 is 35.6 Å². The van der Waals surface area contributed by atoms with Gasteiger partial charge in [-0.15, -0.1) is 12.4 Å². The van der Waals surface area contributed by atoms with Crippen molar-refractivity contribution in [1.29, 1.82) is 0 Å². The molecule has 1 saturated heterocycles. The molecule has 1 fully saturated rings. The molecule has 1 atom stereocenters. The number of carbonyl (C=O) groups excluding carboxylic acids is 1. The minimum Gasteiger partial charge on any atom is -0.341 e. The summed E-state index contributed by atoms with van der Waals surface area (Å²) in [5.41, 5.74) is 0.640. The van der Waals surface area contributed by atoms with E-state index in [9.17, 15) is 4.79 Å². The smallest absolute Gasteiger partial charge is 0.229 e. The topological polar surface area (TPSA) is 32.3 Å². The van der Waals surface area contributed by atoms with Crippen molar-refractivity contribution in [2.75, 3.05) is 20.1 Å². The number of amides is 1. The number of hydrogen-bond acceptors (Lipinski definition) is 2. The first-order chi connectivity index (χ1) is 9.40. The van der Waals surface area contributed by atoms with E-state index in [4.69, 9.17) is 23.2 Å². The average Bonchev–Trinajstić information content (AvgIpc) is 2.37. The fourth-order valence-electron chi connectivity index (χ4n) is 2.75. The SMILES string of the molecule is CN(Cc1cc(Cl)cc(Cl)c1)C(=O)C1(C)CCCNC1.Cl. The maximum absolute atomic E-state index is 12.6. The first-order valence-corrected chi connectivity index (χ1v) is 7.57. The molecule has 1 amide bonds. The van der Waals surface area contributed by atoms with Gasteiger partial charge in [-0.3, -0.25) is 4.79 Å². The van der Waals surface area contributed by atoms with Crippen molar-refractivity contribution < 1.29 is 4.79 Å². The van der Waals surface area contributed by atoms with E-state index >= 15 is 0 Å². The second-order valence-electron chi connectivity index (χ2n) is 5.78. The van der Waals surface area contributed by atoms with Crippen LogP contribution in [0.3, 0.4) is 0 Å². The van der Waals surface area contributed by atoms with Crippen LogP contribution in [0.1, 0.15) is 25.3 Å². The third kappa shape index (κ3) is 4.75. The summed E-state index contributed by atoms with van der Waals surface area (Å²) < 4.78 is 0. The standard InChI is InChI=1S/C15H20Cl2N2O.ClH/c1-15(4-3-5-18-10-15)14(20)19(2)9-11-6-12(16)8-13(17)7-11;/h6-8,18H,3-5,9-10H2,1-2H3;1H. The summed E-state index contributed by atoms with van der Waals surface area (Å²) >= 11 is 12.0. The molecule has 1 heterocycles. The zero-order valence-corrected chi connectivity index (χ0v) is 14.6. The third-order valence-corrected chi connectivity index (χ3v) is 4.24. The van der Waals surface area contributed by atoms with Crippen molar-refractivity contribution in [3.05, 3.63) is 33.8 Å². The number of rotatable bonds is 3. The van der Waals surface area contributed by atoms with Crippen LogP contribution in [0.4, 0.5) is 0 Å². The number of hydrogen-bond donors (Lipinski definition) is 1. The van der Waals surface area contributed by atoms with Gasteiger partial charge in [0.1, 0.15) is 0 Å². The van der Waals surface area contributed by atoms with E-state index in [1.807, 2.05) is 26.1 Å². The highest BCUT2D eigenvalue weighted by Crippen LogP contribution is 2.28. The quantitative estimate of drug-likeness (QED) is 0.899. The molecule has 118 valence electrons. The Morgan fingerprint density at radius 2 is 1.95 bits per heavy atom. The molecule has 21 heavy (non-hydrogen) atoms. The van der Waals surface area contributed by atoms with E-state index in [2.05, 4.69) is 5.32 Å². The molecule has 6 heteroatoms. The van der Waals surface area contributed by atoms with Gasteiger partial charge in [0, 0.05) is 30.2 Å². The largest absolute Gasteiger partial charge is 0.341 e. The van der Waals surface area contributed by atoms with Gasteiger partial charge in [-0.25, -0.2) is 0 Å². The van der Waals surface area contributed by atoms with Crippen LogP contribution in [-0.2, 0) is 11.3 Å². The van der Waals surface area contributed by atoms with E-state index in [1.165, 1.54) is 0 Å². The predicted octanol–water partition coefficient (Wildman–Crippen LogP) is 3.76. The summed E-state index contributed by atoms with van der Waals surface area (Å²) in [4.78, 5) is 14.4. The maximum atomic E-state index is 12.6. The van der Waals surface area contributed by atoms with E-state index in [1.54, 1.807) is 11.0 Å². The molecule has 0 aliphatic carbocycles. The zero-order valence-electron chi connectivity index (χ0n) is 12.3. The maximum Gasteiger partial charge on any atom is 0.229 e. The molecule has 1 aromatic rings. The molecule has 3 nitrogen and oxygen atoms in total. The highest BCUT2D eigenvalue weighted by molar-refractivity contribution is 6.34. The Labute approximate surface area is 142 Å². The Morgan fingerprint density at radius 3 is 2.48 bits per heavy atom. The van der Waals surface area contributed by atoms with E-state index in [0.29, 0.717) is 16.6 Å². The van der Waals surface area contributed by atoms with Gasteiger partial charge in [-0.1, -0.05) is 23.2 Å². The molecule has 1 aliphatic heterocycles. The van der Waals surface area contributed by atoms with Crippen molar-refractivity contribution in [3.63, 3.8) is 0 Å². The molecule has 0 bridgehead atoms. The molecule has 0 saturated carbocycles. The van der Waals surface area contributed by atoms with Crippen molar-refractivity contribution in [3.8, 4) is 0 Å². The number of halogens is 3. The van der Waals surface area contributed by atoms with E-state index < -0.39 is 0 Å². The lowest BCUT2D eigenvalue weighted by atomic mass is 9.81.